The number of fused-ring (bicyclic) bond motifs is 1. The Morgan fingerprint density at radius 3 is 2.68 bits per heavy atom. The Morgan fingerprint density at radius 1 is 1.23 bits per heavy atom. The predicted molar refractivity (Wildman–Crippen MR) is 87.1 cm³/mol. The lowest BCUT2D eigenvalue weighted by molar-refractivity contribution is 0.194. The summed E-state index contributed by atoms with van der Waals surface area (Å²) >= 11 is 0. The van der Waals surface area contributed by atoms with E-state index in [0.29, 0.717) is 0 Å². The number of anilines is 1. The summed E-state index contributed by atoms with van der Waals surface area (Å²) in [4.78, 5) is 2.24. The fraction of sp³-hybridized carbons (Fsp3) is 0.333. The first-order valence-corrected chi connectivity index (χ1v) is 7.57. The van der Waals surface area contributed by atoms with Crippen molar-refractivity contribution >= 4 is 5.69 Å². The van der Waals surface area contributed by atoms with Gasteiger partial charge in [0.25, 0.3) is 0 Å². The Hall–Kier alpha value is -2.36. The van der Waals surface area contributed by atoms with E-state index in [1.54, 1.807) is 19.2 Å². The number of aromatic hydroxyl groups is 1. The first kappa shape index (κ1) is 14.6. The van der Waals surface area contributed by atoms with Crippen LogP contribution in [0.25, 0.3) is 0 Å². The minimum Gasteiger partial charge on any atom is -0.508 e. The molecule has 1 atom stereocenters. The molecule has 1 unspecified atom stereocenters. The van der Waals surface area contributed by atoms with Crippen LogP contribution in [0.4, 0.5) is 5.69 Å². The maximum Gasteiger partial charge on any atom is 0.143 e. The van der Waals surface area contributed by atoms with Crippen molar-refractivity contribution in [3.63, 3.8) is 0 Å². The SMILES string of the molecule is CCN1CC(Cc2ccc(OC)cc2)Oc2ccc(O)cc21. The molecule has 2 aromatic carbocycles. The van der Waals surface area contributed by atoms with Crippen LogP contribution in [0.5, 0.6) is 17.2 Å². The molecule has 1 N–H and O–H groups in total. The molecule has 1 aliphatic rings. The van der Waals surface area contributed by atoms with Gasteiger partial charge in [0.15, 0.2) is 0 Å². The smallest absolute Gasteiger partial charge is 0.143 e. The number of methoxy groups -OCH3 is 1. The Balaban J connectivity index is 1.77. The summed E-state index contributed by atoms with van der Waals surface area (Å²) in [5.74, 6) is 1.98. The van der Waals surface area contributed by atoms with E-state index in [9.17, 15) is 5.11 Å². The first-order chi connectivity index (χ1) is 10.7. The number of nitrogens with zero attached hydrogens (tertiary/aromatic N) is 1. The molecule has 0 aromatic heterocycles. The van der Waals surface area contributed by atoms with Crippen LogP contribution < -0.4 is 14.4 Å². The van der Waals surface area contributed by atoms with E-state index < -0.39 is 0 Å². The summed E-state index contributed by atoms with van der Waals surface area (Å²) in [5.41, 5.74) is 2.19. The van der Waals surface area contributed by atoms with Gasteiger partial charge in [0.1, 0.15) is 23.4 Å². The highest BCUT2D eigenvalue weighted by atomic mass is 16.5. The van der Waals surface area contributed by atoms with Gasteiger partial charge in [-0.3, -0.25) is 0 Å². The van der Waals surface area contributed by atoms with E-state index in [1.807, 2.05) is 18.2 Å². The molecule has 116 valence electrons. The molecular weight excluding hydrogens is 278 g/mol. The molecule has 4 heteroatoms. The summed E-state index contributed by atoms with van der Waals surface area (Å²) in [6.45, 7) is 3.82. The average molecular weight is 299 g/mol. The van der Waals surface area contributed by atoms with Crippen LogP contribution >= 0.6 is 0 Å². The first-order valence-electron chi connectivity index (χ1n) is 7.57. The summed E-state index contributed by atoms with van der Waals surface area (Å²) in [5, 5.41) is 9.66. The van der Waals surface area contributed by atoms with Gasteiger partial charge in [0.05, 0.1) is 19.3 Å². The van der Waals surface area contributed by atoms with E-state index in [4.69, 9.17) is 9.47 Å². The molecule has 0 radical (unpaired) electrons. The number of ether oxygens (including phenoxy) is 2. The maximum absolute atomic E-state index is 9.66. The third-order valence-corrected chi connectivity index (χ3v) is 4.01. The van der Waals surface area contributed by atoms with Crippen molar-refractivity contribution in [1.82, 2.24) is 0 Å². The summed E-state index contributed by atoms with van der Waals surface area (Å²) in [6, 6.07) is 13.4. The van der Waals surface area contributed by atoms with Crippen molar-refractivity contribution < 1.29 is 14.6 Å². The molecule has 2 aromatic rings. The van der Waals surface area contributed by atoms with E-state index in [0.717, 1.165) is 36.7 Å². The van der Waals surface area contributed by atoms with Gasteiger partial charge < -0.3 is 19.5 Å². The second-order valence-electron chi connectivity index (χ2n) is 5.48. The number of benzene rings is 2. The molecule has 0 saturated heterocycles. The molecule has 0 fully saturated rings. The molecule has 0 amide bonds. The molecule has 1 heterocycles. The van der Waals surface area contributed by atoms with Gasteiger partial charge in [-0.2, -0.15) is 0 Å². The second kappa shape index (κ2) is 6.18. The quantitative estimate of drug-likeness (QED) is 0.941. The molecule has 0 bridgehead atoms. The highest BCUT2D eigenvalue weighted by molar-refractivity contribution is 5.62. The normalized spacial score (nSPS) is 16.8. The van der Waals surface area contributed by atoms with Gasteiger partial charge in [0.2, 0.25) is 0 Å². The highest BCUT2D eigenvalue weighted by Crippen LogP contribution is 2.36. The van der Waals surface area contributed by atoms with Gasteiger partial charge in [0, 0.05) is 19.0 Å². The third-order valence-electron chi connectivity index (χ3n) is 4.01. The van der Waals surface area contributed by atoms with Crippen LogP contribution in [0.1, 0.15) is 12.5 Å². The zero-order valence-electron chi connectivity index (χ0n) is 13.0. The number of phenolic OH excluding ortho intramolecular Hbond substituents is 1. The van der Waals surface area contributed by atoms with Crippen molar-refractivity contribution in [2.45, 2.75) is 19.4 Å². The lowest BCUT2D eigenvalue weighted by Gasteiger charge is -2.35. The maximum atomic E-state index is 9.66. The van der Waals surface area contributed by atoms with Crippen molar-refractivity contribution in [2.24, 2.45) is 0 Å². The van der Waals surface area contributed by atoms with Crippen molar-refractivity contribution in [1.29, 1.82) is 0 Å². The van der Waals surface area contributed by atoms with Gasteiger partial charge in [-0.15, -0.1) is 0 Å². The van der Waals surface area contributed by atoms with Gasteiger partial charge in [-0.1, -0.05) is 12.1 Å². The number of rotatable bonds is 4. The van der Waals surface area contributed by atoms with Crippen LogP contribution in [0.15, 0.2) is 42.5 Å². The Bertz CT molecular complexity index is 639. The third kappa shape index (κ3) is 2.96. The van der Waals surface area contributed by atoms with Gasteiger partial charge >= 0.3 is 0 Å². The predicted octanol–water partition coefficient (Wildman–Crippen LogP) is 3.23. The molecule has 1 aliphatic heterocycles. The minimum absolute atomic E-state index is 0.102. The molecule has 0 spiro atoms. The topological polar surface area (TPSA) is 41.9 Å². The standard InChI is InChI=1S/C18H21NO3/c1-3-19-12-16(10-13-4-7-15(21-2)8-5-13)22-18-9-6-14(20)11-17(18)19/h4-9,11,16,20H,3,10,12H2,1-2H3. The van der Waals surface area contributed by atoms with Crippen molar-refractivity contribution in [2.75, 3.05) is 25.1 Å². The van der Waals surface area contributed by atoms with E-state index >= 15 is 0 Å². The Kier molecular flexibility index (Phi) is 4.09. The molecule has 3 rings (SSSR count). The average Bonchev–Trinajstić information content (AvgIpc) is 2.55. The van der Waals surface area contributed by atoms with Crippen LogP contribution in [-0.2, 0) is 6.42 Å². The zero-order valence-corrected chi connectivity index (χ0v) is 13.0. The van der Waals surface area contributed by atoms with Crippen LogP contribution in [0.2, 0.25) is 0 Å². The van der Waals surface area contributed by atoms with Gasteiger partial charge in [-0.05, 0) is 36.8 Å². The monoisotopic (exact) mass is 299 g/mol. The summed E-state index contributed by atoms with van der Waals surface area (Å²) < 4.78 is 11.3. The van der Waals surface area contributed by atoms with Gasteiger partial charge in [-0.25, -0.2) is 0 Å². The number of phenols is 1. The largest absolute Gasteiger partial charge is 0.508 e. The van der Waals surface area contributed by atoms with E-state index in [1.165, 1.54) is 5.56 Å². The fourth-order valence-corrected chi connectivity index (χ4v) is 2.84. The number of hydrogen-bond donors (Lipinski definition) is 1. The van der Waals surface area contributed by atoms with Crippen molar-refractivity contribution in [3.05, 3.63) is 48.0 Å². The minimum atomic E-state index is 0.102. The summed E-state index contributed by atoms with van der Waals surface area (Å²) in [7, 11) is 1.67. The lowest BCUT2D eigenvalue weighted by Crippen LogP contribution is -2.41. The van der Waals surface area contributed by atoms with Crippen LogP contribution in [-0.4, -0.2) is 31.4 Å². The van der Waals surface area contributed by atoms with E-state index in [2.05, 4.69) is 24.0 Å². The fourth-order valence-electron chi connectivity index (χ4n) is 2.84. The van der Waals surface area contributed by atoms with Crippen LogP contribution in [0, 0.1) is 0 Å². The Labute approximate surface area is 130 Å². The number of likely N-dealkylation sites (N-methyl/N-ethyl adjacent to an activating group) is 1. The van der Waals surface area contributed by atoms with Crippen LogP contribution in [0.3, 0.4) is 0 Å². The number of hydrogen-bond acceptors (Lipinski definition) is 4. The second-order valence-corrected chi connectivity index (χ2v) is 5.48. The summed E-state index contributed by atoms with van der Waals surface area (Å²) in [6.07, 6.45) is 0.950. The zero-order chi connectivity index (χ0) is 15.5. The molecule has 0 saturated carbocycles. The Morgan fingerprint density at radius 2 is 2.00 bits per heavy atom. The van der Waals surface area contributed by atoms with E-state index in [-0.39, 0.29) is 11.9 Å². The molecule has 0 aliphatic carbocycles. The molecule has 22 heavy (non-hydrogen) atoms. The molecular formula is C18H21NO3. The highest BCUT2D eigenvalue weighted by Gasteiger charge is 2.25. The lowest BCUT2D eigenvalue weighted by atomic mass is 10.1. The molecule has 4 nitrogen and oxygen atoms in total. The van der Waals surface area contributed by atoms with Crippen molar-refractivity contribution in [3.8, 4) is 17.2 Å².